The van der Waals surface area contributed by atoms with Crippen LogP contribution >= 0.6 is 0 Å². The Morgan fingerprint density at radius 3 is 1.92 bits per heavy atom. The maximum Gasteiger partial charge on any atom is 0.316 e. The van der Waals surface area contributed by atoms with Crippen LogP contribution in [0.3, 0.4) is 0 Å². The summed E-state index contributed by atoms with van der Waals surface area (Å²) in [4.78, 5) is 15.2. The summed E-state index contributed by atoms with van der Waals surface area (Å²) in [6, 6.07) is 19.1. The highest BCUT2D eigenvalue weighted by Gasteiger charge is 2.25. The number of benzene rings is 2. The minimum Gasteiger partial charge on any atom is -0.397 e. The lowest BCUT2D eigenvalue weighted by molar-refractivity contribution is -0.384. The maximum absolute atomic E-state index is 11.5. The second-order valence-electron chi connectivity index (χ2n) is 5.77. The first kappa shape index (κ1) is 16.4. The van der Waals surface area contributed by atoms with E-state index in [0.29, 0.717) is 29.8 Å². The lowest BCUT2D eigenvalue weighted by Gasteiger charge is -2.13. The Kier molecular flexibility index (Phi) is 4.61. The highest BCUT2D eigenvalue weighted by atomic mass is 16.6. The molecule has 0 unspecified atom stereocenters. The summed E-state index contributed by atoms with van der Waals surface area (Å²) in [5.74, 6) is -0.101. The minimum atomic E-state index is -0.511. The van der Waals surface area contributed by atoms with Crippen molar-refractivity contribution in [2.75, 3.05) is 11.5 Å². The summed E-state index contributed by atoms with van der Waals surface area (Å²) >= 11 is 0. The zero-order chi connectivity index (χ0) is 17.8. The topological polar surface area (TPSA) is 108 Å². The number of aromatic nitrogens is 1. The van der Waals surface area contributed by atoms with E-state index in [2.05, 4.69) is 4.98 Å². The third-order valence-electron chi connectivity index (χ3n) is 4.04. The molecule has 0 spiro atoms. The third kappa shape index (κ3) is 3.58. The molecule has 126 valence electrons. The summed E-state index contributed by atoms with van der Waals surface area (Å²) in [5.41, 5.74) is 15.2. The lowest BCUT2D eigenvalue weighted by atomic mass is 9.99. The molecule has 4 N–H and O–H groups in total. The zero-order valence-electron chi connectivity index (χ0n) is 13.6. The SMILES string of the molecule is Nc1nc(Cc2ccccc2)c(N)c(Cc2ccccc2)c1[N+](=O)[O-]. The Morgan fingerprint density at radius 1 is 0.880 bits per heavy atom. The average Bonchev–Trinajstić information content (AvgIpc) is 2.60. The summed E-state index contributed by atoms with van der Waals surface area (Å²) in [7, 11) is 0. The molecule has 0 aliphatic rings. The number of hydrogen-bond donors (Lipinski definition) is 2. The zero-order valence-corrected chi connectivity index (χ0v) is 13.6. The van der Waals surface area contributed by atoms with E-state index in [1.807, 2.05) is 60.7 Å². The van der Waals surface area contributed by atoms with Crippen molar-refractivity contribution >= 4 is 17.2 Å². The van der Waals surface area contributed by atoms with Crippen molar-refractivity contribution in [2.45, 2.75) is 12.8 Å². The van der Waals surface area contributed by atoms with Crippen LogP contribution in [0.2, 0.25) is 0 Å². The van der Waals surface area contributed by atoms with Crippen molar-refractivity contribution in [3.8, 4) is 0 Å². The van der Waals surface area contributed by atoms with E-state index in [-0.39, 0.29) is 11.5 Å². The van der Waals surface area contributed by atoms with Gasteiger partial charge in [0.1, 0.15) is 0 Å². The molecule has 0 saturated carbocycles. The molecule has 6 heteroatoms. The van der Waals surface area contributed by atoms with E-state index in [4.69, 9.17) is 11.5 Å². The first-order valence-electron chi connectivity index (χ1n) is 7.85. The molecule has 6 nitrogen and oxygen atoms in total. The summed E-state index contributed by atoms with van der Waals surface area (Å²) in [6.45, 7) is 0. The molecule has 2 aromatic carbocycles. The van der Waals surface area contributed by atoms with Gasteiger partial charge in [-0.1, -0.05) is 60.7 Å². The number of nitrogens with zero attached hydrogens (tertiary/aromatic N) is 2. The molecule has 0 bridgehead atoms. The van der Waals surface area contributed by atoms with Gasteiger partial charge in [0.2, 0.25) is 5.82 Å². The van der Waals surface area contributed by atoms with Gasteiger partial charge >= 0.3 is 5.69 Å². The second kappa shape index (κ2) is 7.00. The summed E-state index contributed by atoms with van der Waals surface area (Å²) in [5, 5.41) is 11.5. The van der Waals surface area contributed by atoms with Gasteiger partial charge in [-0.2, -0.15) is 0 Å². The van der Waals surface area contributed by atoms with E-state index in [1.54, 1.807) is 0 Å². The molecule has 0 fully saturated rings. The molecule has 0 radical (unpaired) electrons. The molecule has 3 rings (SSSR count). The van der Waals surface area contributed by atoms with Crippen molar-refractivity contribution in [1.29, 1.82) is 0 Å². The maximum atomic E-state index is 11.5. The van der Waals surface area contributed by atoms with Crippen LogP contribution in [0.25, 0.3) is 0 Å². The van der Waals surface area contributed by atoms with Gasteiger partial charge in [0.25, 0.3) is 0 Å². The second-order valence-corrected chi connectivity index (χ2v) is 5.77. The Bertz CT molecular complexity index is 896. The highest BCUT2D eigenvalue weighted by Crippen LogP contribution is 2.34. The van der Waals surface area contributed by atoms with E-state index in [0.717, 1.165) is 11.1 Å². The van der Waals surface area contributed by atoms with Crippen LogP contribution in [-0.4, -0.2) is 9.91 Å². The fourth-order valence-electron chi connectivity index (χ4n) is 2.82. The van der Waals surface area contributed by atoms with Gasteiger partial charge in [0.15, 0.2) is 0 Å². The minimum absolute atomic E-state index is 0.101. The van der Waals surface area contributed by atoms with E-state index < -0.39 is 4.92 Å². The molecule has 0 atom stereocenters. The predicted molar refractivity (Wildman–Crippen MR) is 98.2 cm³/mol. The van der Waals surface area contributed by atoms with Crippen LogP contribution < -0.4 is 11.5 Å². The first-order chi connectivity index (χ1) is 12.1. The van der Waals surface area contributed by atoms with Crippen LogP contribution in [0, 0.1) is 10.1 Å². The molecular weight excluding hydrogens is 316 g/mol. The van der Waals surface area contributed by atoms with Gasteiger partial charge < -0.3 is 11.5 Å². The largest absolute Gasteiger partial charge is 0.397 e. The van der Waals surface area contributed by atoms with Crippen molar-refractivity contribution < 1.29 is 4.92 Å². The number of pyridine rings is 1. The highest BCUT2D eigenvalue weighted by molar-refractivity contribution is 5.70. The molecule has 0 amide bonds. The fourth-order valence-corrected chi connectivity index (χ4v) is 2.82. The number of nitro groups is 1. The Morgan fingerprint density at radius 2 is 1.40 bits per heavy atom. The molecule has 0 saturated heterocycles. The van der Waals surface area contributed by atoms with Gasteiger partial charge in [-0.25, -0.2) is 4.98 Å². The smallest absolute Gasteiger partial charge is 0.316 e. The summed E-state index contributed by atoms with van der Waals surface area (Å²) < 4.78 is 0. The van der Waals surface area contributed by atoms with E-state index in [9.17, 15) is 10.1 Å². The Hall–Kier alpha value is -3.41. The standard InChI is InChI=1S/C19H18N4O2/c20-17-15(11-13-7-3-1-4-8-13)18(23(24)25)19(21)22-16(17)12-14-9-5-2-6-10-14/h1-10H,11-12,20H2,(H2,21,22). The van der Waals surface area contributed by atoms with Crippen molar-refractivity contribution in [3.05, 3.63) is 93.2 Å². The van der Waals surface area contributed by atoms with Crippen LogP contribution in [0.4, 0.5) is 17.2 Å². The third-order valence-corrected chi connectivity index (χ3v) is 4.04. The first-order valence-corrected chi connectivity index (χ1v) is 7.85. The normalized spacial score (nSPS) is 10.6. The van der Waals surface area contributed by atoms with Gasteiger partial charge in [0.05, 0.1) is 21.9 Å². The Labute approximate surface area is 145 Å². The quantitative estimate of drug-likeness (QED) is 0.549. The molecule has 1 heterocycles. The number of anilines is 2. The van der Waals surface area contributed by atoms with Gasteiger partial charge in [-0.3, -0.25) is 10.1 Å². The van der Waals surface area contributed by atoms with Gasteiger partial charge in [0, 0.05) is 12.8 Å². The number of rotatable bonds is 5. The predicted octanol–water partition coefficient (Wildman–Crippen LogP) is 3.34. The monoisotopic (exact) mass is 334 g/mol. The van der Waals surface area contributed by atoms with Crippen LogP contribution in [0.5, 0.6) is 0 Å². The van der Waals surface area contributed by atoms with Crippen LogP contribution in [0.1, 0.15) is 22.4 Å². The molecule has 3 aromatic rings. The van der Waals surface area contributed by atoms with Crippen molar-refractivity contribution in [3.63, 3.8) is 0 Å². The number of nitrogen functional groups attached to an aromatic ring is 2. The number of nitrogens with two attached hydrogens (primary N) is 2. The summed E-state index contributed by atoms with van der Waals surface area (Å²) in [6.07, 6.45) is 0.800. The molecular formula is C19H18N4O2. The molecule has 0 aliphatic heterocycles. The van der Waals surface area contributed by atoms with Crippen LogP contribution in [-0.2, 0) is 12.8 Å². The Balaban J connectivity index is 2.08. The lowest BCUT2D eigenvalue weighted by Crippen LogP contribution is -2.11. The van der Waals surface area contributed by atoms with E-state index in [1.165, 1.54) is 0 Å². The van der Waals surface area contributed by atoms with Gasteiger partial charge in [-0.05, 0) is 11.1 Å². The average molecular weight is 334 g/mol. The van der Waals surface area contributed by atoms with Crippen molar-refractivity contribution in [2.24, 2.45) is 0 Å². The number of hydrogen-bond acceptors (Lipinski definition) is 5. The van der Waals surface area contributed by atoms with Gasteiger partial charge in [-0.15, -0.1) is 0 Å². The molecule has 25 heavy (non-hydrogen) atoms. The van der Waals surface area contributed by atoms with E-state index >= 15 is 0 Å². The van der Waals surface area contributed by atoms with Crippen molar-refractivity contribution in [1.82, 2.24) is 4.98 Å². The van der Waals surface area contributed by atoms with Crippen LogP contribution in [0.15, 0.2) is 60.7 Å². The molecule has 1 aromatic heterocycles. The molecule has 0 aliphatic carbocycles. The fraction of sp³-hybridized carbons (Fsp3) is 0.105.